The Morgan fingerprint density at radius 2 is 1.73 bits per heavy atom. The van der Waals surface area contributed by atoms with E-state index in [2.05, 4.69) is 14.7 Å². The quantitative estimate of drug-likeness (QED) is 0.587. The summed E-state index contributed by atoms with van der Waals surface area (Å²) in [5, 5.41) is 3.33. The van der Waals surface area contributed by atoms with Gasteiger partial charge in [-0.3, -0.25) is 9.59 Å². The van der Waals surface area contributed by atoms with Crippen LogP contribution >= 0.6 is 0 Å². The molecule has 3 aromatic rings. The zero-order chi connectivity index (χ0) is 21.9. The van der Waals surface area contributed by atoms with Crippen LogP contribution in [0.1, 0.15) is 17.2 Å². The van der Waals surface area contributed by atoms with Gasteiger partial charge in [0, 0.05) is 26.2 Å². The van der Waals surface area contributed by atoms with Crippen molar-refractivity contribution in [3.05, 3.63) is 59.9 Å². The molecule has 158 valence electrons. The molecular weight excluding hydrogens is 405 g/mol. The fourth-order valence-corrected chi connectivity index (χ4v) is 2.55. The van der Waals surface area contributed by atoms with Crippen molar-refractivity contribution in [3.63, 3.8) is 0 Å². The van der Waals surface area contributed by atoms with Crippen LogP contribution in [-0.2, 0) is 28.9 Å². The minimum atomic E-state index is -4.73. The third kappa shape index (κ3) is 4.85. The normalized spacial score (nSPS) is 11.4. The summed E-state index contributed by atoms with van der Waals surface area (Å²) in [6, 6.07) is 9.55. The highest BCUT2D eigenvalue weighted by molar-refractivity contribution is 6.34. The van der Waals surface area contributed by atoms with Gasteiger partial charge in [0.15, 0.2) is 0 Å². The van der Waals surface area contributed by atoms with E-state index < -0.39 is 23.9 Å². The molecule has 0 N–H and O–H groups in total. The number of hydrogen-bond donors (Lipinski definition) is 0. The van der Waals surface area contributed by atoms with Gasteiger partial charge < -0.3 is 18.7 Å². The number of benzene rings is 1. The summed E-state index contributed by atoms with van der Waals surface area (Å²) >= 11 is 0. The van der Waals surface area contributed by atoms with Crippen molar-refractivity contribution < 1.29 is 31.7 Å². The van der Waals surface area contributed by atoms with Crippen LogP contribution in [-0.4, -0.2) is 45.9 Å². The van der Waals surface area contributed by atoms with Gasteiger partial charge >= 0.3 is 23.9 Å². The molecule has 1 aromatic carbocycles. The summed E-state index contributed by atoms with van der Waals surface area (Å²) in [4.78, 5) is 30.5. The summed E-state index contributed by atoms with van der Waals surface area (Å²) in [7, 11) is 2.94. The van der Waals surface area contributed by atoms with Crippen molar-refractivity contribution in [1.82, 2.24) is 19.9 Å². The molecule has 11 heteroatoms. The number of likely N-dealkylation sites (N-methyl/N-ethyl adjacent to an activating group) is 1. The number of carbonyl (C=O) groups excluding carboxylic acids is 2. The van der Waals surface area contributed by atoms with Gasteiger partial charge in [0.25, 0.3) is 0 Å². The summed E-state index contributed by atoms with van der Waals surface area (Å²) in [5.74, 6) is -2.55. The first kappa shape index (κ1) is 21.1. The van der Waals surface area contributed by atoms with Crippen LogP contribution in [0.25, 0.3) is 11.4 Å². The van der Waals surface area contributed by atoms with Crippen molar-refractivity contribution in [2.45, 2.75) is 19.3 Å². The van der Waals surface area contributed by atoms with Gasteiger partial charge in [0.05, 0.1) is 12.8 Å². The second-order valence-electron chi connectivity index (χ2n) is 6.56. The molecule has 0 atom stereocenters. The van der Waals surface area contributed by atoms with E-state index in [1.54, 1.807) is 24.3 Å². The zero-order valence-corrected chi connectivity index (χ0v) is 16.0. The second kappa shape index (κ2) is 8.39. The number of nitrogens with zero attached hydrogens (tertiary/aromatic N) is 4. The highest BCUT2D eigenvalue weighted by Gasteiger charge is 2.38. The molecule has 2 amide bonds. The molecule has 0 spiro atoms. The highest BCUT2D eigenvalue weighted by atomic mass is 19.4. The third-order valence-electron chi connectivity index (χ3n) is 4.06. The lowest BCUT2D eigenvalue weighted by Crippen LogP contribution is -2.41. The first-order valence-electron chi connectivity index (χ1n) is 8.68. The Hall–Kier alpha value is -3.63. The minimum absolute atomic E-state index is 0.0763. The monoisotopic (exact) mass is 422 g/mol. The van der Waals surface area contributed by atoms with Gasteiger partial charge in [0.2, 0.25) is 5.82 Å². The summed E-state index contributed by atoms with van der Waals surface area (Å²) in [6.07, 6.45) is -3.27. The molecule has 0 aliphatic rings. The number of amides is 2. The molecule has 0 saturated carbocycles. The van der Waals surface area contributed by atoms with Gasteiger partial charge in [-0.1, -0.05) is 29.4 Å². The van der Waals surface area contributed by atoms with Crippen LogP contribution < -0.4 is 0 Å². The zero-order valence-electron chi connectivity index (χ0n) is 16.0. The molecule has 2 aromatic heterocycles. The topological polar surface area (TPSA) is 92.7 Å². The van der Waals surface area contributed by atoms with E-state index in [0.717, 1.165) is 0 Å². The number of furan rings is 1. The molecule has 2 heterocycles. The van der Waals surface area contributed by atoms with Gasteiger partial charge in [0.1, 0.15) is 5.76 Å². The smallest absolute Gasteiger partial charge is 0.467 e. The second-order valence-corrected chi connectivity index (χ2v) is 6.56. The van der Waals surface area contributed by atoms with E-state index in [1.165, 1.54) is 42.3 Å². The summed E-state index contributed by atoms with van der Waals surface area (Å²) in [6.45, 7) is 0.159. The van der Waals surface area contributed by atoms with Crippen LogP contribution in [0.2, 0.25) is 0 Å². The molecule has 8 nitrogen and oxygen atoms in total. The van der Waals surface area contributed by atoms with Crippen molar-refractivity contribution in [1.29, 1.82) is 0 Å². The van der Waals surface area contributed by atoms with Crippen molar-refractivity contribution in [3.8, 4) is 11.4 Å². The summed E-state index contributed by atoms with van der Waals surface area (Å²) in [5.41, 5.74) is 0.955. The van der Waals surface area contributed by atoms with E-state index in [4.69, 9.17) is 4.42 Å². The van der Waals surface area contributed by atoms with E-state index in [9.17, 15) is 22.8 Å². The molecule has 3 rings (SSSR count). The molecule has 0 aliphatic carbocycles. The van der Waals surface area contributed by atoms with E-state index in [-0.39, 0.29) is 18.9 Å². The molecular formula is C19H17F3N4O4. The van der Waals surface area contributed by atoms with Crippen LogP contribution in [0.15, 0.2) is 51.6 Å². The predicted octanol–water partition coefficient (Wildman–Crippen LogP) is 2.97. The molecule has 0 unspecified atom stereocenters. The Labute approximate surface area is 168 Å². The maximum Gasteiger partial charge on any atom is 0.471 e. The van der Waals surface area contributed by atoms with E-state index >= 15 is 0 Å². The molecule has 0 aliphatic heterocycles. The van der Waals surface area contributed by atoms with Crippen molar-refractivity contribution in [2.75, 3.05) is 14.1 Å². The lowest BCUT2D eigenvalue weighted by molar-refractivity contribution is -0.159. The number of carbonyl (C=O) groups is 2. The van der Waals surface area contributed by atoms with Crippen LogP contribution in [0.3, 0.4) is 0 Å². The third-order valence-corrected chi connectivity index (χ3v) is 4.06. The van der Waals surface area contributed by atoms with Gasteiger partial charge in [-0.15, -0.1) is 0 Å². The van der Waals surface area contributed by atoms with Crippen LogP contribution in [0, 0.1) is 0 Å². The average Bonchev–Trinajstić information content (AvgIpc) is 3.38. The van der Waals surface area contributed by atoms with Crippen LogP contribution in [0.5, 0.6) is 0 Å². The summed E-state index contributed by atoms with van der Waals surface area (Å²) < 4.78 is 47.3. The largest absolute Gasteiger partial charge is 0.471 e. The predicted molar refractivity (Wildman–Crippen MR) is 96.4 cm³/mol. The first-order valence-corrected chi connectivity index (χ1v) is 8.68. The maximum absolute atomic E-state index is 12.6. The molecule has 0 bridgehead atoms. The highest BCUT2D eigenvalue weighted by Crippen LogP contribution is 2.29. The van der Waals surface area contributed by atoms with Crippen molar-refractivity contribution >= 4 is 11.8 Å². The SMILES string of the molecule is CN(C)C(=O)C(=O)N(Cc1ccc(-c2noc(C(F)(F)F)n2)cc1)Cc1ccco1. The Morgan fingerprint density at radius 3 is 2.27 bits per heavy atom. The molecule has 0 saturated heterocycles. The molecule has 30 heavy (non-hydrogen) atoms. The molecule has 0 fully saturated rings. The lowest BCUT2D eigenvalue weighted by atomic mass is 10.1. The van der Waals surface area contributed by atoms with Gasteiger partial charge in [-0.25, -0.2) is 0 Å². The Morgan fingerprint density at radius 1 is 1.03 bits per heavy atom. The fraction of sp³-hybridized carbons (Fsp3) is 0.263. The average molecular weight is 422 g/mol. The number of alkyl halides is 3. The van der Waals surface area contributed by atoms with Gasteiger partial charge in [-0.2, -0.15) is 18.2 Å². The molecule has 0 radical (unpaired) electrons. The Bertz CT molecular complexity index is 1010. The number of hydrogen-bond acceptors (Lipinski definition) is 6. The Kier molecular flexibility index (Phi) is 5.90. The Balaban J connectivity index is 1.78. The number of aromatic nitrogens is 2. The van der Waals surface area contributed by atoms with Gasteiger partial charge in [-0.05, 0) is 17.7 Å². The van der Waals surface area contributed by atoms with E-state index in [0.29, 0.717) is 16.9 Å². The maximum atomic E-state index is 12.6. The first-order chi connectivity index (χ1) is 14.1. The standard InChI is InChI=1S/C19H17F3N4O4/c1-25(2)16(27)17(28)26(11-14-4-3-9-29-14)10-12-5-7-13(8-6-12)15-23-18(30-24-15)19(20,21)22/h3-9H,10-11H2,1-2H3. The fourth-order valence-electron chi connectivity index (χ4n) is 2.55. The van der Waals surface area contributed by atoms with E-state index in [1.807, 2.05) is 0 Å². The minimum Gasteiger partial charge on any atom is -0.467 e. The number of rotatable bonds is 5. The lowest BCUT2D eigenvalue weighted by Gasteiger charge is -2.23. The number of halogens is 3. The van der Waals surface area contributed by atoms with Crippen LogP contribution in [0.4, 0.5) is 13.2 Å². The van der Waals surface area contributed by atoms with Crippen molar-refractivity contribution in [2.24, 2.45) is 0 Å².